The predicted octanol–water partition coefficient (Wildman–Crippen LogP) is 7.75. The first-order valence-electron chi connectivity index (χ1n) is 13.5. The molecule has 0 atom stereocenters. The van der Waals surface area contributed by atoms with Gasteiger partial charge in [0, 0.05) is 38.5 Å². The molecule has 0 aliphatic carbocycles. The van der Waals surface area contributed by atoms with Gasteiger partial charge in [0.2, 0.25) is 0 Å². The Bertz CT molecular complexity index is 1990. The summed E-state index contributed by atoms with van der Waals surface area (Å²) in [6.45, 7) is 2.04. The Morgan fingerprint density at radius 2 is 1.63 bits per heavy atom. The number of carbonyl (C=O) groups is 3. The number of hydrazone groups is 1. The van der Waals surface area contributed by atoms with Gasteiger partial charge in [-0.15, -0.1) is 11.3 Å². The maximum atomic E-state index is 12.8. The molecule has 0 bridgehead atoms. The number of fused-ring (bicyclic) bond motifs is 1. The number of benzene rings is 4. The summed E-state index contributed by atoms with van der Waals surface area (Å²) in [6, 6.07) is 21.2. The molecule has 1 aromatic heterocycles. The standard InChI is InChI=1S/C32H22Cl2N4O7S/c1-2-44-26-15-18(3-14-25(26)45-32(41)20-6-11-23(12-7-20)38(42)43)17-35-37-30(39)19-4-9-22(10-5-19)36-31(40)29-28(34)24-13-8-21(33)16-27(24)46-29/h3-17H,2H2,1H3,(H,36,40)(H,37,39)/b35-17-. The summed E-state index contributed by atoms with van der Waals surface area (Å²) in [5.74, 6) is -1.20. The zero-order valence-corrected chi connectivity index (χ0v) is 26.1. The Morgan fingerprint density at radius 1 is 0.913 bits per heavy atom. The van der Waals surface area contributed by atoms with Crippen LogP contribution in [0.2, 0.25) is 10.0 Å². The van der Waals surface area contributed by atoms with E-state index in [9.17, 15) is 24.5 Å². The minimum atomic E-state index is -0.718. The third-order valence-electron chi connectivity index (χ3n) is 6.37. The molecule has 2 amide bonds. The van der Waals surface area contributed by atoms with Crippen LogP contribution in [0.5, 0.6) is 11.5 Å². The summed E-state index contributed by atoms with van der Waals surface area (Å²) in [5, 5.41) is 19.2. The zero-order chi connectivity index (χ0) is 32.8. The second-order valence-electron chi connectivity index (χ2n) is 9.45. The van der Waals surface area contributed by atoms with Crippen molar-refractivity contribution in [1.82, 2.24) is 5.43 Å². The molecule has 14 heteroatoms. The number of nitrogens with zero attached hydrogens (tertiary/aromatic N) is 2. The number of amides is 2. The first-order valence-corrected chi connectivity index (χ1v) is 15.1. The van der Waals surface area contributed by atoms with Crippen molar-refractivity contribution in [3.05, 3.63) is 127 Å². The van der Waals surface area contributed by atoms with Crippen molar-refractivity contribution in [2.75, 3.05) is 11.9 Å². The van der Waals surface area contributed by atoms with Crippen molar-refractivity contribution in [3.8, 4) is 11.5 Å². The molecule has 5 aromatic rings. The molecule has 0 spiro atoms. The van der Waals surface area contributed by atoms with E-state index in [1.807, 2.05) is 0 Å². The monoisotopic (exact) mass is 676 g/mol. The number of hydrogen-bond donors (Lipinski definition) is 2. The lowest BCUT2D eigenvalue weighted by Crippen LogP contribution is -2.17. The van der Waals surface area contributed by atoms with Crippen molar-refractivity contribution in [2.24, 2.45) is 5.10 Å². The van der Waals surface area contributed by atoms with Gasteiger partial charge in [0.05, 0.1) is 28.3 Å². The number of rotatable bonds is 10. The van der Waals surface area contributed by atoms with E-state index < -0.39 is 16.8 Å². The highest BCUT2D eigenvalue weighted by Gasteiger charge is 2.18. The van der Waals surface area contributed by atoms with E-state index in [1.54, 1.807) is 49.4 Å². The molecule has 2 N–H and O–H groups in total. The van der Waals surface area contributed by atoms with Gasteiger partial charge in [-0.1, -0.05) is 29.3 Å². The molecule has 46 heavy (non-hydrogen) atoms. The van der Waals surface area contributed by atoms with Gasteiger partial charge in [0.15, 0.2) is 11.5 Å². The summed E-state index contributed by atoms with van der Waals surface area (Å²) >= 11 is 13.7. The molecule has 0 aliphatic heterocycles. The molecule has 1 heterocycles. The maximum Gasteiger partial charge on any atom is 0.343 e. The second-order valence-corrected chi connectivity index (χ2v) is 11.3. The summed E-state index contributed by atoms with van der Waals surface area (Å²) < 4.78 is 11.8. The SMILES string of the molecule is CCOc1cc(/C=N\NC(=O)c2ccc(NC(=O)c3sc4cc(Cl)ccc4c3Cl)cc2)ccc1OC(=O)c1ccc([N+](=O)[O-])cc1. The van der Waals surface area contributed by atoms with Gasteiger partial charge in [0.1, 0.15) is 4.88 Å². The number of thiophene rings is 1. The molecular weight excluding hydrogens is 655 g/mol. The molecule has 0 saturated carbocycles. The Hall–Kier alpha value is -5.30. The number of nitro benzene ring substituents is 1. The van der Waals surface area contributed by atoms with Crippen molar-refractivity contribution in [2.45, 2.75) is 6.92 Å². The van der Waals surface area contributed by atoms with Crippen LogP contribution in [-0.4, -0.2) is 35.5 Å². The van der Waals surface area contributed by atoms with E-state index in [0.717, 1.165) is 10.1 Å². The third-order valence-corrected chi connectivity index (χ3v) is 8.26. The molecule has 11 nitrogen and oxygen atoms in total. The molecule has 0 aliphatic rings. The lowest BCUT2D eigenvalue weighted by molar-refractivity contribution is -0.384. The quantitative estimate of drug-likeness (QED) is 0.0505. The van der Waals surface area contributed by atoms with E-state index in [-0.39, 0.29) is 35.3 Å². The highest BCUT2D eigenvalue weighted by atomic mass is 35.5. The first kappa shape index (κ1) is 32.1. The fourth-order valence-corrected chi connectivity index (χ4v) is 5.83. The van der Waals surface area contributed by atoms with Crippen LogP contribution in [0.4, 0.5) is 11.4 Å². The normalized spacial score (nSPS) is 10.9. The zero-order valence-electron chi connectivity index (χ0n) is 23.8. The number of hydrogen-bond acceptors (Lipinski definition) is 9. The fraction of sp³-hybridized carbons (Fsp3) is 0.0625. The highest BCUT2D eigenvalue weighted by molar-refractivity contribution is 7.21. The van der Waals surface area contributed by atoms with E-state index >= 15 is 0 Å². The van der Waals surface area contributed by atoms with Crippen LogP contribution < -0.4 is 20.2 Å². The Morgan fingerprint density at radius 3 is 2.33 bits per heavy atom. The number of carbonyl (C=O) groups excluding carboxylic acids is 3. The number of non-ortho nitro benzene ring substituents is 1. The molecule has 4 aromatic carbocycles. The fourth-order valence-electron chi connectivity index (χ4n) is 4.14. The van der Waals surface area contributed by atoms with Crippen LogP contribution in [0.25, 0.3) is 10.1 Å². The lowest BCUT2D eigenvalue weighted by atomic mass is 10.2. The average molecular weight is 678 g/mol. The lowest BCUT2D eigenvalue weighted by Gasteiger charge is -2.11. The summed E-state index contributed by atoms with van der Waals surface area (Å²) in [6.07, 6.45) is 1.39. The Kier molecular flexibility index (Phi) is 9.91. The summed E-state index contributed by atoms with van der Waals surface area (Å²) in [4.78, 5) is 48.7. The largest absolute Gasteiger partial charge is 0.490 e. The number of nitrogens with one attached hydrogen (secondary N) is 2. The number of anilines is 1. The molecule has 5 rings (SSSR count). The average Bonchev–Trinajstić information content (AvgIpc) is 3.37. The molecule has 0 fully saturated rings. The van der Waals surface area contributed by atoms with Crippen LogP contribution in [0.1, 0.15) is 42.9 Å². The van der Waals surface area contributed by atoms with Crippen molar-refractivity contribution < 1.29 is 28.8 Å². The van der Waals surface area contributed by atoms with Crippen molar-refractivity contribution >= 4 is 80.0 Å². The van der Waals surface area contributed by atoms with E-state index in [2.05, 4.69) is 15.8 Å². The van der Waals surface area contributed by atoms with Gasteiger partial charge in [-0.3, -0.25) is 19.7 Å². The van der Waals surface area contributed by atoms with Gasteiger partial charge in [-0.05, 0) is 79.2 Å². The number of nitro groups is 1. The minimum Gasteiger partial charge on any atom is -0.490 e. The number of ether oxygens (including phenoxy) is 2. The molecule has 0 saturated heterocycles. The molecule has 0 radical (unpaired) electrons. The van der Waals surface area contributed by atoms with Crippen molar-refractivity contribution in [3.63, 3.8) is 0 Å². The second kappa shape index (κ2) is 14.2. The number of halogens is 2. The van der Waals surface area contributed by atoms with Crippen molar-refractivity contribution in [1.29, 1.82) is 0 Å². The predicted molar refractivity (Wildman–Crippen MR) is 177 cm³/mol. The van der Waals surface area contributed by atoms with Crippen LogP contribution in [0.3, 0.4) is 0 Å². The van der Waals surface area contributed by atoms with Crippen LogP contribution >= 0.6 is 34.5 Å². The topological polar surface area (TPSA) is 149 Å². The Balaban J connectivity index is 1.19. The number of esters is 1. The van der Waals surface area contributed by atoms with Gasteiger partial charge in [-0.25, -0.2) is 10.2 Å². The maximum absolute atomic E-state index is 12.8. The van der Waals surface area contributed by atoms with E-state index in [1.165, 1.54) is 60.0 Å². The van der Waals surface area contributed by atoms with Gasteiger partial charge < -0.3 is 14.8 Å². The van der Waals surface area contributed by atoms with Crippen LogP contribution in [0, 0.1) is 10.1 Å². The summed E-state index contributed by atoms with van der Waals surface area (Å²) in [7, 11) is 0. The van der Waals surface area contributed by atoms with E-state index in [0.29, 0.717) is 31.7 Å². The summed E-state index contributed by atoms with van der Waals surface area (Å²) in [5.41, 5.74) is 3.72. The molecule has 232 valence electrons. The van der Waals surface area contributed by atoms with Crippen LogP contribution in [-0.2, 0) is 0 Å². The smallest absolute Gasteiger partial charge is 0.343 e. The van der Waals surface area contributed by atoms with Gasteiger partial charge >= 0.3 is 5.97 Å². The minimum absolute atomic E-state index is 0.128. The Labute approximate surface area is 275 Å². The van der Waals surface area contributed by atoms with Crippen LogP contribution in [0.15, 0.2) is 90.0 Å². The highest BCUT2D eigenvalue weighted by Crippen LogP contribution is 2.37. The molecule has 0 unspecified atom stereocenters. The molecular formula is C32H22Cl2N4O7S. The first-order chi connectivity index (χ1) is 22.1. The third kappa shape index (κ3) is 7.49. The van der Waals surface area contributed by atoms with Gasteiger partial charge in [0.25, 0.3) is 17.5 Å². The van der Waals surface area contributed by atoms with E-state index in [4.69, 9.17) is 32.7 Å². The van der Waals surface area contributed by atoms with Gasteiger partial charge in [-0.2, -0.15) is 5.10 Å².